The highest BCUT2D eigenvalue weighted by atomic mass is 35.5. The number of carbonyl (C=O) groups is 2. The second-order valence-corrected chi connectivity index (χ2v) is 7.44. The number of imidazole rings is 1. The van der Waals surface area contributed by atoms with Gasteiger partial charge < -0.3 is 14.6 Å². The van der Waals surface area contributed by atoms with E-state index in [0.29, 0.717) is 10.8 Å². The van der Waals surface area contributed by atoms with Crippen molar-refractivity contribution in [2.75, 3.05) is 0 Å². The molecule has 1 aliphatic rings. The Labute approximate surface area is 173 Å². The van der Waals surface area contributed by atoms with Gasteiger partial charge in [-0.15, -0.1) is 0 Å². The summed E-state index contributed by atoms with van der Waals surface area (Å²) in [6.07, 6.45) is 3.08. The topological polar surface area (TPSA) is 75.3 Å². The van der Waals surface area contributed by atoms with Crippen molar-refractivity contribution in [2.45, 2.75) is 32.4 Å². The lowest BCUT2D eigenvalue weighted by atomic mass is 9.94. The number of nitrogens with one attached hydrogen (secondary N) is 1. The lowest BCUT2D eigenvalue weighted by molar-refractivity contribution is -0.150. The summed E-state index contributed by atoms with van der Waals surface area (Å²) in [6, 6.07) is 12.7. The minimum atomic E-state index is -0.561. The normalized spacial score (nSPS) is 16.5. The third-order valence-corrected chi connectivity index (χ3v) is 5.22. The molecule has 0 aliphatic carbocycles. The molecule has 29 heavy (non-hydrogen) atoms. The van der Waals surface area contributed by atoms with Gasteiger partial charge in [0.1, 0.15) is 5.82 Å². The minimum Gasteiger partial charge on any atom is -0.454 e. The second-order valence-electron chi connectivity index (χ2n) is 7.01. The predicted octanol–water partition coefficient (Wildman–Crippen LogP) is 4.78. The summed E-state index contributed by atoms with van der Waals surface area (Å²) >= 11 is 6.01. The van der Waals surface area contributed by atoms with Crippen molar-refractivity contribution in [3.05, 3.63) is 70.6 Å². The molecular formula is C22H20ClN3O3. The van der Waals surface area contributed by atoms with E-state index in [9.17, 15) is 9.59 Å². The van der Waals surface area contributed by atoms with E-state index in [0.717, 1.165) is 22.2 Å². The number of aromatic amines is 1. The molecule has 1 amide bonds. The molecule has 1 aromatic heterocycles. The Morgan fingerprint density at radius 2 is 2.07 bits per heavy atom. The molecule has 1 N–H and O–H groups in total. The third kappa shape index (κ3) is 3.89. The first-order valence-electron chi connectivity index (χ1n) is 9.33. The van der Waals surface area contributed by atoms with E-state index in [1.54, 1.807) is 30.2 Å². The van der Waals surface area contributed by atoms with Crippen molar-refractivity contribution in [2.24, 2.45) is 0 Å². The van der Waals surface area contributed by atoms with Crippen LogP contribution in [0.4, 0.5) is 0 Å². The first-order chi connectivity index (χ1) is 13.9. The fourth-order valence-electron chi connectivity index (χ4n) is 3.57. The molecule has 2 atom stereocenters. The van der Waals surface area contributed by atoms with E-state index < -0.39 is 18.1 Å². The number of amides is 1. The maximum Gasteiger partial charge on any atom is 0.308 e. The number of nitrogens with zero attached hydrogens (tertiary/aromatic N) is 2. The standard InChI is InChI=1S/C22H20ClN3O3/c1-13(22-24-18-8-7-16(23)11-19(18)25-22)29-21(28)12-20-17-6-4-3-5-15(17)9-10-26(20)14(2)27/h3-11,13,20H,12H2,1-2H3,(H,24,25)/t13-,20-/m1/s1. The van der Waals surface area contributed by atoms with Crippen LogP contribution in [0.5, 0.6) is 0 Å². The molecule has 1 aliphatic heterocycles. The van der Waals surface area contributed by atoms with Crippen molar-refractivity contribution in [1.29, 1.82) is 0 Å². The first kappa shape index (κ1) is 19.2. The van der Waals surface area contributed by atoms with Gasteiger partial charge >= 0.3 is 5.97 Å². The van der Waals surface area contributed by atoms with E-state index in [4.69, 9.17) is 16.3 Å². The van der Waals surface area contributed by atoms with Crippen molar-refractivity contribution in [1.82, 2.24) is 14.9 Å². The molecule has 0 spiro atoms. The maximum absolute atomic E-state index is 12.7. The van der Waals surface area contributed by atoms with Crippen LogP contribution in [0.2, 0.25) is 5.02 Å². The Kier molecular flexibility index (Phi) is 5.11. The van der Waals surface area contributed by atoms with E-state index in [2.05, 4.69) is 9.97 Å². The summed E-state index contributed by atoms with van der Waals surface area (Å²) in [5.74, 6) is 0.0103. The van der Waals surface area contributed by atoms with Crippen LogP contribution in [0.3, 0.4) is 0 Å². The highest BCUT2D eigenvalue weighted by Crippen LogP contribution is 2.33. The number of carbonyl (C=O) groups excluding carboxylic acids is 2. The average Bonchev–Trinajstić information content (AvgIpc) is 3.11. The Hall–Kier alpha value is -3.12. The maximum atomic E-state index is 12.7. The molecule has 0 bridgehead atoms. The predicted molar refractivity (Wildman–Crippen MR) is 111 cm³/mol. The van der Waals surface area contributed by atoms with Crippen LogP contribution < -0.4 is 0 Å². The van der Waals surface area contributed by atoms with Crippen LogP contribution in [0.1, 0.15) is 49.4 Å². The molecule has 4 rings (SSSR count). The number of ether oxygens (including phenoxy) is 1. The monoisotopic (exact) mass is 409 g/mol. The summed E-state index contributed by atoms with van der Waals surface area (Å²) in [4.78, 5) is 33.9. The lowest BCUT2D eigenvalue weighted by Crippen LogP contribution is -2.32. The molecule has 0 fully saturated rings. The zero-order chi connectivity index (χ0) is 20.5. The van der Waals surface area contributed by atoms with Crippen LogP contribution >= 0.6 is 11.6 Å². The third-order valence-electron chi connectivity index (χ3n) is 4.98. The van der Waals surface area contributed by atoms with Gasteiger partial charge in [0.2, 0.25) is 5.91 Å². The van der Waals surface area contributed by atoms with Gasteiger partial charge in [-0.25, -0.2) is 4.98 Å². The van der Waals surface area contributed by atoms with E-state index in [1.165, 1.54) is 6.92 Å². The molecule has 3 aromatic rings. The average molecular weight is 410 g/mol. The SMILES string of the molecule is CC(=O)N1C=Cc2ccccc2[C@H]1CC(=O)O[C@H](C)c1nc2ccc(Cl)cc2[nH]1. The Balaban J connectivity index is 1.51. The summed E-state index contributed by atoms with van der Waals surface area (Å²) in [7, 11) is 0. The van der Waals surface area contributed by atoms with Gasteiger partial charge in [-0.05, 0) is 42.3 Å². The molecule has 0 saturated carbocycles. The van der Waals surface area contributed by atoms with Crippen molar-refractivity contribution >= 4 is 40.6 Å². The van der Waals surface area contributed by atoms with E-state index in [1.807, 2.05) is 36.4 Å². The van der Waals surface area contributed by atoms with Gasteiger partial charge in [0.15, 0.2) is 6.10 Å². The first-order valence-corrected chi connectivity index (χ1v) is 9.71. The number of rotatable bonds is 4. The molecule has 2 heterocycles. The van der Waals surface area contributed by atoms with Gasteiger partial charge in [-0.3, -0.25) is 9.59 Å². The quantitative estimate of drug-likeness (QED) is 0.629. The molecule has 6 nitrogen and oxygen atoms in total. The Morgan fingerprint density at radius 1 is 1.28 bits per heavy atom. The van der Waals surface area contributed by atoms with Crippen LogP contribution in [-0.2, 0) is 14.3 Å². The van der Waals surface area contributed by atoms with Crippen LogP contribution in [0.25, 0.3) is 17.1 Å². The molecule has 0 saturated heterocycles. The zero-order valence-electron chi connectivity index (χ0n) is 16.1. The summed E-state index contributed by atoms with van der Waals surface area (Å²) in [5, 5.41) is 0.602. The van der Waals surface area contributed by atoms with Gasteiger partial charge in [0, 0.05) is 18.1 Å². The van der Waals surface area contributed by atoms with Crippen LogP contribution in [0, 0.1) is 0 Å². The zero-order valence-corrected chi connectivity index (χ0v) is 16.8. The number of hydrogen-bond donors (Lipinski definition) is 1. The molecule has 148 valence electrons. The summed E-state index contributed by atoms with van der Waals surface area (Å²) in [5.41, 5.74) is 3.45. The second kappa shape index (κ2) is 7.72. The number of esters is 1. The Morgan fingerprint density at radius 3 is 2.86 bits per heavy atom. The number of H-pyrrole nitrogens is 1. The minimum absolute atomic E-state index is 0.0529. The number of fused-ring (bicyclic) bond motifs is 2. The van der Waals surface area contributed by atoms with E-state index in [-0.39, 0.29) is 12.3 Å². The molecule has 0 unspecified atom stereocenters. The van der Waals surface area contributed by atoms with Gasteiger partial charge in [0.05, 0.1) is 23.5 Å². The van der Waals surface area contributed by atoms with Crippen molar-refractivity contribution in [3.8, 4) is 0 Å². The van der Waals surface area contributed by atoms with Gasteiger partial charge in [-0.2, -0.15) is 0 Å². The largest absolute Gasteiger partial charge is 0.454 e. The summed E-state index contributed by atoms with van der Waals surface area (Å²) in [6.45, 7) is 3.24. The molecule has 0 radical (unpaired) electrons. The lowest BCUT2D eigenvalue weighted by Gasteiger charge is -2.32. The smallest absolute Gasteiger partial charge is 0.308 e. The number of halogens is 1. The summed E-state index contributed by atoms with van der Waals surface area (Å²) < 4.78 is 5.61. The molecule has 7 heteroatoms. The fraction of sp³-hybridized carbons (Fsp3) is 0.227. The Bertz CT molecular complexity index is 1120. The number of hydrogen-bond acceptors (Lipinski definition) is 4. The van der Waals surface area contributed by atoms with Crippen LogP contribution in [0.15, 0.2) is 48.7 Å². The number of benzene rings is 2. The van der Waals surface area contributed by atoms with Crippen molar-refractivity contribution in [3.63, 3.8) is 0 Å². The molecular weight excluding hydrogens is 390 g/mol. The fourth-order valence-corrected chi connectivity index (χ4v) is 3.74. The van der Waals surface area contributed by atoms with Crippen molar-refractivity contribution < 1.29 is 14.3 Å². The highest BCUT2D eigenvalue weighted by Gasteiger charge is 2.29. The molecule has 2 aromatic carbocycles. The van der Waals surface area contributed by atoms with Gasteiger partial charge in [-0.1, -0.05) is 35.9 Å². The van der Waals surface area contributed by atoms with Crippen LogP contribution in [-0.4, -0.2) is 26.7 Å². The highest BCUT2D eigenvalue weighted by molar-refractivity contribution is 6.31. The van der Waals surface area contributed by atoms with E-state index >= 15 is 0 Å². The number of aromatic nitrogens is 2. The van der Waals surface area contributed by atoms with Gasteiger partial charge in [0.25, 0.3) is 0 Å².